The first-order valence-corrected chi connectivity index (χ1v) is 7.64. The lowest BCUT2D eigenvalue weighted by atomic mass is 9.97. The van der Waals surface area contributed by atoms with Gasteiger partial charge in [0.1, 0.15) is 11.7 Å². The Morgan fingerprint density at radius 3 is 2.92 bits per heavy atom. The van der Waals surface area contributed by atoms with Crippen LogP contribution in [0.3, 0.4) is 0 Å². The van der Waals surface area contributed by atoms with Crippen molar-refractivity contribution in [3.8, 4) is 11.5 Å². The van der Waals surface area contributed by atoms with E-state index in [4.69, 9.17) is 4.52 Å². The zero-order valence-corrected chi connectivity index (χ0v) is 12.7. The quantitative estimate of drug-likeness (QED) is 0.752. The smallest absolute Gasteiger partial charge is 0.241 e. The number of carbonyl (C=O) groups is 2. The van der Waals surface area contributed by atoms with Gasteiger partial charge in [0.05, 0.1) is 12.1 Å². The third kappa shape index (κ3) is 2.71. The molecule has 2 aromatic rings. The maximum absolute atomic E-state index is 12.3. The first kappa shape index (κ1) is 14.7. The number of nitrogens with zero attached hydrogens (tertiary/aromatic N) is 5. The topological polar surface area (TPSA) is 126 Å². The predicted molar refractivity (Wildman–Crippen MR) is 78.9 cm³/mol. The zero-order chi connectivity index (χ0) is 16.5. The molecule has 24 heavy (non-hydrogen) atoms. The van der Waals surface area contributed by atoms with Gasteiger partial charge in [0.2, 0.25) is 23.5 Å². The van der Waals surface area contributed by atoms with Crippen molar-refractivity contribution in [3.05, 3.63) is 24.5 Å². The second-order valence-electron chi connectivity index (χ2n) is 5.77. The first-order chi connectivity index (χ1) is 11.7. The average molecular weight is 329 g/mol. The maximum atomic E-state index is 12.3. The molecule has 1 atom stereocenters. The summed E-state index contributed by atoms with van der Waals surface area (Å²) >= 11 is 0. The fourth-order valence-corrected chi connectivity index (χ4v) is 2.72. The summed E-state index contributed by atoms with van der Waals surface area (Å²) in [5.41, 5.74) is 5.77. The minimum atomic E-state index is -0.374. The molecule has 2 aromatic heterocycles. The Hall–Kier alpha value is -2.88. The highest BCUT2D eigenvalue weighted by Crippen LogP contribution is 2.28. The van der Waals surface area contributed by atoms with Crippen LogP contribution < -0.4 is 10.9 Å². The second-order valence-corrected chi connectivity index (χ2v) is 5.77. The lowest BCUT2D eigenvalue weighted by Crippen LogP contribution is -2.60. The van der Waals surface area contributed by atoms with Gasteiger partial charge in [-0.3, -0.25) is 20.0 Å². The van der Waals surface area contributed by atoms with Crippen molar-refractivity contribution >= 4 is 11.8 Å². The van der Waals surface area contributed by atoms with E-state index >= 15 is 0 Å². The minimum Gasteiger partial charge on any atom is -0.340 e. The van der Waals surface area contributed by atoms with Crippen LogP contribution in [0.4, 0.5) is 0 Å². The molecule has 10 nitrogen and oxygen atoms in total. The van der Waals surface area contributed by atoms with Gasteiger partial charge in [-0.25, -0.2) is 10.4 Å². The summed E-state index contributed by atoms with van der Waals surface area (Å²) in [5.74, 6) is 0.775. The predicted octanol–water partition coefficient (Wildman–Crippen LogP) is -0.764. The maximum Gasteiger partial charge on any atom is 0.241 e. The van der Waals surface area contributed by atoms with Gasteiger partial charge in [-0.1, -0.05) is 5.16 Å². The summed E-state index contributed by atoms with van der Waals surface area (Å²) in [5, 5.41) is 3.91. The van der Waals surface area contributed by atoms with Crippen molar-refractivity contribution in [1.29, 1.82) is 0 Å². The van der Waals surface area contributed by atoms with Crippen molar-refractivity contribution in [2.24, 2.45) is 0 Å². The fourth-order valence-electron chi connectivity index (χ4n) is 2.72. The Labute approximate surface area is 136 Å². The molecule has 0 radical (unpaired) electrons. The van der Waals surface area contributed by atoms with E-state index in [1.807, 2.05) is 0 Å². The van der Waals surface area contributed by atoms with Crippen LogP contribution in [0, 0.1) is 0 Å². The Kier molecular flexibility index (Phi) is 3.65. The number of carbonyl (C=O) groups excluding carboxylic acids is 2. The van der Waals surface area contributed by atoms with Crippen LogP contribution in [0.5, 0.6) is 0 Å². The molecule has 0 aliphatic carbocycles. The molecule has 0 aromatic carbocycles. The average Bonchev–Trinajstić information content (AvgIpc) is 3.04. The van der Waals surface area contributed by atoms with E-state index in [0.717, 1.165) is 0 Å². The molecule has 10 heteroatoms. The summed E-state index contributed by atoms with van der Waals surface area (Å²) in [6.07, 6.45) is 5.55. The van der Waals surface area contributed by atoms with Gasteiger partial charge >= 0.3 is 0 Å². The number of hydrazine groups is 1. The summed E-state index contributed by atoms with van der Waals surface area (Å²) in [4.78, 5) is 37.6. The van der Waals surface area contributed by atoms with E-state index in [-0.39, 0.29) is 23.8 Å². The number of hydrogen-bond acceptors (Lipinski definition) is 8. The summed E-state index contributed by atoms with van der Waals surface area (Å²) in [7, 11) is 0. The number of amides is 2. The highest BCUT2D eigenvalue weighted by molar-refractivity contribution is 5.86. The van der Waals surface area contributed by atoms with Crippen molar-refractivity contribution in [1.82, 2.24) is 35.9 Å². The largest absolute Gasteiger partial charge is 0.340 e. The number of likely N-dealkylation sites (tertiary alicyclic amines) is 1. The highest BCUT2D eigenvalue weighted by atomic mass is 16.5. The molecule has 2 N–H and O–H groups in total. The molecule has 1 unspecified atom stereocenters. The summed E-state index contributed by atoms with van der Waals surface area (Å²) in [6.45, 7) is 1.04. The molecule has 0 bridgehead atoms. The van der Waals surface area contributed by atoms with Crippen molar-refractivity contribution < 1.29 is 14.1 Å². The lowest BCUT2D eigenvalue weighted by molar-refractivity contribution is -0.140. The van der Waals surface area contributed by atoms with Crippen LogP contribution in [0.25, 0.3) is 11.5 Å². The van der Waals surface area contributed by atoms with Crippen molar-refractivity contribution in [2.45, 2.75) is 24.8 Å². The van der Waals surface area contributed by atoms with Crippen LogP contribution in [0.2, 0.25) is 0 Å². The molecule has 0 saturated carbocycles. The Bertz CT molecular complexity index is 747. The van der Waals surface area contributed by atoms with Gasteiger partial charge in [0.25, 0.3) is 0 Å². The third-order valence-corrected chi connectivity index (χ3v) is 4.12. The Morgan fingerprint density at radius 2 is 2.21 bits per heavy atom. The van der Waals surface area contributed by atoms with Gasteiger partial charge < -0.3 is 9.42 Å². The molecule has 2 amide bonds. The lowest BCUT2D eigenvalue weighted by Gasteiger charge is -2.39. The van der Waals surface area contributed by atoms with Gasteiger partial charge in [-0.05, 0) is 6.42 Å². The van der Waals surface area contributed by atoms with Gasteiger partial charge in [-0.15, -0.1) is 0 Å². The van der Waals surface area contributed by atoms with Gasteiger partial charge in [-0.2, -0.15) is 4.98 Å². The van der Waals surface area contributed by atoms with E-state index < -0.39 is 0 Å². The van der Waals surface area contributed by atoms with Crippen molar-refractivity contribution in [3.63, 3.8) is 0 Å². The van der Waals surface area contributed by atoms with E-state index in [0.29, 0.717) is 43.3 Å². The van der Waals surface area contributed by atoms with E-state index in [1.54, 1.807) is 23.5 Å². The minimum absolute atomic E-state index is 0.0186. The normalized spacial score (nSPS) is 21.2. The molecule has 124 valence electrons. The van der Waals surface area contributed by atoms with Crippen molar-refractivity contribution in [2.75, 3.05) is 13.1 Å². The third-order valence-electron chi connectivity index (χ3n) is 4.12. The van der Waals surface area contributed by atoms with Crippen LogP contribution in [-0.4, -0.2) is 56.0 Å². The number of nitrogens with one attached hydrogen (secondary N) is 2. The highest BCUT2D eigenvalue weighted by Gasteiger charge is 2.39. The second kappa shape index (κ2) is 5.96. The molecule has 4 rings (SSSR count). The van der Waals surface area contributed by atoms with Crippen LogP contribution in [-0.2, 0) is 9.59 Å². The van der Waals surface area contributed by atoms with E-state index in [9.17, 15) is 9.59 Å². The molecule has 4 heterocycles. The van der Waals surface area contributed by atoms with Crippen LogP contribution in [0.1, 0.15) is 24.7 Å². The number of rotatable bonds is 3. The number of aromatic nitrogens is 4. The zero-order valence-electron chi connectivity index (χ0n) is 12.7. The molecular weight excluding hydrogens is 314 g/mol. The van der Waals surface area contributed by atoms with Gasteiger partial charge in [0.15, 0.2) is 0 Å². The standard InChI is InChI=1S/C14H15N7O3/c22-11-2-1-9(18-19-11)14(23)21-6-8(7-21)13-17-12(20-24-13)10-5-15-3-4-16-10/h3-5,8-9,18H,1-2,6-7H2,(H,19,22). The number of hydrogen-bond donors (Lipinski definition) is 2. The molecule has 2 saturated heterocycles. The van der Waals surface area contributed by atoms with E-state index in [2.05, 4.69) is 31.0 Å². The molecule has 2 aliphatic heterocycles. The molecular formula is C14H15N7O3. The molecule has 0 spiro atoms. The Morgan fingerprint density at radius 1 is 1.33 bits per heavy atom. The van der Waals surface area contributed by atoms with E-state index in [1.165, 1.54) is 0 Å². The summed E-state index contributed by atoms with van der Waals surface area (Å²) < 4.78 is 5.27. The SMILES string of the molecule is O=C1CCC(C(=O)N2CC(c3nc(-c4cnccn4)no3)C2)NN1. The summed E-state index contributed by atoms with van der Waals surface area (Å²) in [6, 6.07) is -0.374. The molecule has 2 aliphatic rings. The fraction of sp³-hybridized carbons (Fsp3) is 0.429. The Balaban J connectivity index is 1.35. The monoisotopic (exact) mass is 329 g/mol. The molecule has 2 fully saturated rings. The first-order valence-electron chi connectivity index (χ1n) is 7.64. The van der Waals surface area contributed by atoms with Gasteiger partial charge in [0, 0.05) is 31.9 Å². The van der Waals surface area contributed by atoms with Crippen LogP contribution >= 0.6 is 0 Å². The van der Waals surface area contributed by atoms with Crippen LogP contribution in [0.15, 0.2) is 23.1 Å².